The summed E-state index contributed by atoms with van der Waals surface area (Å²) in [7, 11) is 0. The van der Waals surface area contributed by atoms with Gasteiger partial charge in [-0.05, 0) is 39.8 Å². The molecule has 0 aliphatic carbocycles. The highest BCUT2D eigenvalue weighted by Crippen LogP contribution is 2.32. The molecule has 2 N–H and O–H groups in total. The van der Waals surface area contributed by atoms with Crippen molar-refractivity contribution in [3.8, 4) is 11.5 Å². The Morgan fingerprint density at radius 1 is 1.39 bits per heavy atom. The first-order valence-corrected chi connectivity index (χ1v) is 7.41. The average molecular weight is 331 g/mol. The van der Waals surface area contributed by atoms with Crippen LogP contribution in [0.4, 0.5) is 8.78 Å². The second kappa shape index (κ2) is 8.67. The number of hydrogen-bond donors (Lipinski definition) is 2. The lowest BCUT2D eigenvalue weighted by Crippen LogP contribution is -2.29. The van der Waals surface area contributed by atoms with Crippen LogP contribution >= 0.6 is 0 Å². The fourth-order valence-electron chi connectivity index (χ4n) is 1.92. The van der Waals surface area contributed by atoms with E-state index in [9.17, 15) is 13.6 Å². The Balaban J connectivity index is 2.72. The molecule has 0 aliphatic rings. The number of benzene rings is 1. The first-order valence-electron chi connectivity index (χ1n) is 7.41. The van der Waals surface area contributed by atoms with Gasteiger partial charge in [-0.25, -0.2) is 0 Å². The summed E-state index contributed by atoms with van der Waals surface area (Å²) >= 11 is 0. The molecule has 23 heavy (non-hydrogen) atoms. The number of carboxylic acid groups (broad SMARTS) is 1. The summed E-state index contributed by atoms with van der Waals surface area (Å²) in [6, 6.07) is 4.93. The molecule has 1 aromatic carbocycles. The fraction of sp³-hybridized carbons (Fsp3) is 0.562. The molecule has 0 saturated carbocycles. The molecular weight excluding hydrogens is 308 g/mol. The second-order valence-electron chi connectivity index (χ2n) is 5.67. The van der Waals surface area contributed by atoms with Gasteiger partial charge in [0.2, 0.25) is 0 Å². The SMILES string of the molecule is CCOc1cccc(CNCCC(C)(C)C(=O)O)c1OC(F)F. The zero-order valence-corrected chi connectivity index (χ0v) is 13.6. The van der Waals surface area contributed by atoms with Crippen LogP contribution in [0.1, 0.15) is 32.8 Å². The third kappa shape index (κ3) is 6.02. The number of alkyl halides is 2. The molecule has 130 valence electrons. The Kier molecular flexibility index (Phi) is 7.22. The second-order valence-corrected chi connectivity index (χ2v) is 5.67. The number of nitrogens with one attached hydrogen (secondary N) is 1. The van der Waals surface area contributed by atoms with Crippen molar-refractivity contribution in [1.29, 1.82) is 0 Å². The molecule has 0 fully saturated rings. The van der Waals surface area contributed by atoms with Crippen LogP contribution < -0.4 is 14.8 Å². The third-order valence-corrected chi connectivity index (χ3v) is 3.39. The Hall–Kier alpha value is -1.89. The smallest absolute Gasteiger partial charge is 0.387 e. The number of aliphatic carboxylic acids is 1. The van der Waals surface area contributed by atoms with Crippen molar-refractivity contribution < 1.29 is 28.2 Å². The van der Waals surface area contributed by atoms with Crippen molar-refractivity contribution in [2.24, 2.45) is 5.41 Å². The first kappa shape index (κ1) is 19.2. The van der Waals surface area contributed by atoms with E-state index in [1.54, 1.807) is 39.0 Å². The highest BCUT2D eigenvalue weighted by atomic mass is 19.3. The van der Waals surface area contributed by atoms with Gasteiger partial charge in [0.1, 0.15) is 0 Å². The molecule has 0 spiro atoms. The molecule has 0 aromatic heterocycles. The van der Waals surface area contributed by atoms with Gasteiger partial charge in [-0.3, -0.25) is 4.79 Å². The number of hydrogen-bond acceptors (Lipinski definition) is 4. The summed E-state index contributed by atoms with van der Waals surface area (Å²) < 4.78 is 35.1. The monoisotopic (exact) mass is 331 g/mol. The van der Waals surface area contributed by atoms with E-state index in [4.69, 9.17) is 9.84 Å². The summed E-state index contributed by atoms with van der Waals surface area (Å²) in [5, 5.41) is 12.1. The van der Waals surface area contributed by atoms with Crippen molar-refractivity contribution in [2.75, 3.05) is 13.2 Å². The van der Waals surface area contributed by atoms with E-state index >= 15 is 0 Å². The van der Waals surface area contributed by atoms with E-state index in [-0.39, 0.29) is 18.0 Å². The van der Waals surface area contributed by atoms with Gasteiger partial charge < -0.3 is 19.9 Å². The standard InChI is InChI=1S/C16H23F2NO4/c1-4-22-12-7-5-6-11(13(12)23-15(17)18)10-19-9-8-16(2,3)14(20)21/h5-7,15,19H,4,8-10H2,1-3H3,(H,20,21). The van der Waals surface area contributed by atoms with E-state index in [1.807, 2.05) is 0 Å². The Morgan fingerprint density at radius 2 is 2.09 bits per heavy atom. The number of carbonyl (C=O) groups is 1. The molecule has 0 radical (unpaired) electrons. The van der Waals surface area contributed by atoms with Gasteiger partial charge in [-0.2, -0.15) is 8.78 Å². The maximum absolute atomic E-state index is 12.6. The summed E-state index contributed by atoms with van der Waals surface area (Å²) in [6.45, 7) is 3.14. The van der Waals surface area contributed by atoms with E-state index in [1.165, 1.54) is 0 Å². The van der Waals surface area contributed by atoms with Crippen LogP contribution in [0, 0.1) is 5.41 Å². The molecule has 1 rings (SSSR count). The molecule has 0 atom stereocenters. The molecule has 1 aromatic rings. The van der Waals surface area contributed by atoms with Crippen LogP contribution in [0.3, 0.4) is 0 Å². The van der Waals surface area contributed by atoms with Gasteiger partial charge >= 0.3 is 12.6 Å². The van der Waals surface area contributed by atoms with Crippen LogP contribution in [-0.4, -0.2) is 30.8 Å². The topological polar surface area (TPSA) is 67.8 Å². The lowest BCUT2D eigenvalue weighted by molar-refractivity contribution is -0.147. The number of carboxylic acids is 1. The summed E-state index contributed by atoms with van der Waals surface area (Å²) in [5.74, 6) is -0.605. The van der Waals surface area contributed by atoms with Crippen LogP contribution in [0.15, 0.2) is 18.2 Å². The zero-order chi connectivity index (χ0) is 17.5. The van der Waals surface area contributed by atoms with Gasteiger partial charge in [0.05, 0.1) is 12.0 Å². The average Bonchev–Trinajstić information content (AvgIpc) is 2.46. The van der Waals surface area contributed by atoms with Gasteiger partial charge in [0, 0.05) is 12.1 Å². The molecular formula is C16H23F2NO4. The minimum atomic E-state index is -2.94. The molecule has 0 saturated heterocycles. The number of rotatable bonds is 10. The van der Waals surface area contributed by atoms with E-state index in [2.05, 4.69) is 10.1 Å². The predicted molar refractivity (Wildman–Crippen MR) is 82.0 cm³/mol. The first-order chi connectivity index (χ1) is 10.8. The minimum absolute atomic E-state index is 0.00865. The van der Waals surface area contributed by atoms with Crippen LogP contribution in [0.5, 0.6) is 11.5 Å². The van der Waals surface area contributed by atoms with Crippen LogP contribution in [0.2, 0.25) is 0 Å². The summed E-state index contributed by atoms with van der Waals surface area (Å²) in [4.78, 5) is 11.0. The summed E-state index contributed by atoms with van der Waals surface area (Å²) in [5.41, 5.74) is -0.313. The molecule has 0 amide bonds. The van der Waals surface area contributed by atoms with Crippen molar-refractivity contribution in [1.82, 2.24) is 5.32 Å². The van der Waals surface area contributed by atoms with Crippen molar-refractivity contribution in [2.45, 2.75) is 40.3 Å². The van der Waals surface area contributed by atoms with E-state index in [0.29, 0.717) is 25.1 Å². The molecule has 0 heterocycles. The highest BCUT2D eigenvalue weighted by Gasteiger charge is 2.26. The van der Waals surface area contributed by atoms with Gasteiger partial charge in [0.25, 0.3) is 0 Å². The molecule has 0 unspecified atom stereocenters. The molecule has 0 aliphatic heterocycles. The van der Waals surface area contributed by atoms with Gasteiger partial charge in [0.15, 0.2) is 11.5 Å². The van der Waals surface area contributed by atoms with Crippen LogP contribution in [-0.2, 0) is 11.3 Å². The number of para-hydroxylation sites is 1. The Bertz CT molecular complexity index is 521. The molecule has 0 bridgehead atoms. The maximum Gasteiger partial charge on any atom is 0.387 e. The lowest BCUT2D eigenvalue weighted by Gasteiger charge is -2.19. The summed E-state index contributed by atoms with van der Waals surface area (Å²) in [6.07, 6.45) is 0.415. The highest BCUT2D eigenvalue weighted by molar-refractivity contribution is 5.73. The number of ether oxygens (including phenoxy) is 2. The Labute approximate surface area is 134 Å². The normalized spacial score (nSPS) is 11.6. The predicted octanol–water partition coefficient (Wildman–Crippen LogP) is 3.28. The minimum Gasteiger partial charge on any atom is -0.490 e. The van der Waals surface area contributed by atoms with Crippen molar-refractivity contribution in [3.05, 3.63) is 23.8 Å². The molecule has 7 heteroatoms. The maximum atomic E-state index is 12.6. The fourth-order valence-corrected chi connectivity index (χ4v) is 1.92. The van der Waals surface area contributed by atoms with Crippen molar-refractivity contribution in [3.63, 3.8) is 0 Å². The van der Waals surface area contributed by atoms with Gasteiger partial charge in [-0.15, -0.1) is 0 Å². The van der Waals surface area contributed by atoms with Crippen molar-refractivity contribution >= 4 is 5.97 Å². The van der Waals surface area contributed by atoms with Crippen LogP contribution in [0.25, 0.3) is 0 Å². The zero-order valence-electron chi connectivity index (χ0n) is 13.6. The third-order valence-electron chi connectivity index (χ3n) is 3.39. The number of halogens is 2. The van der Waals surface area contributed by atoms with E-state index < -0.39 is 18.0 Å². The van der Waals surface area contributed by atoms with Gasteiger partial charge in [-0.1, -0.05) is 12.1 Å². The Morgan fingerprint density at radius 3 is 2.65 bits per heavy atom. The van der Waals surface area contributed by atoms with E-state index in [0.717, 1.165) is 0 Å². The quantitative estimate of drug-likeness (QED) is 0.644. The lowest BCUT2D eigenvalue weighted by atomic mass is 9.90. The largest absolute Gasteiger partial charge is 0.490 e. The molecule has 5 nitrogen and oxygen atoms in total.